The second kappa shape index (κ2) is 8.27. The van der Waals surface area contributed by atoms with Crippen molar-refractivity contribution in [1.29, 1.82) is 0 Å². The highest BCUT2D eigenvalue weighted by atomic mass is 19.1. The van der Waals surface area contributed by atoms with Crippen LogP contribution in [-0.2, 0) is 19.7 Å². The minimum atomic E-state index is -0.365. The number of piperidine rings is 1. The Kier molecular flexibility index (Phi) is 5.30. The first kappa shape index (κ1) is 20.5. The molecule has 2 N–H and O–H groups in total. The number of aliphatic hydroxyl groups is 1. The van der Waals surface area contributed by atoms with Crippen molar-refractivity contribution in [1.82, 2.24) is 9.47 Å². The van der Waals surface area contributed by atoms with Crippen molar-refractivity contribution >= 4 is 11.6 Å². The molecule has 2 aliphatic rings. The third-order valence-corrected chi connectivity index (χ3v) is 6.31. The maximum Gasteiger partial charge on any atom is 0.274 e. The third-order valence-electron chi connectivity index (χ3n) is 6.31. The number of amides is 1. The van der Waals surface area contributed by atoms with E-state index in [-0.39, 0.29) is 35.7 Å². The fraction of sp³-hybridized carbons (Fsp3) is 0.333. The van der Waals surface area contributed by atoms with Crippen LogP contribution in [0.3, 0.4) is 0 Å². The first-order chi connectivity index (χ1) is 15.5. The smallest absolute Gasteiger partial charge is 0.274 e. The van der Waals surface area contributed by atoms with Gasteiger partial charge < -0.3 is 24.3 Å². The molecule has 3 aromatic rings. The SMILES string of the molecule is O=C(c1ccc(F)cc1)N1C[C@@H]2C[C@H](C1)c1ccc(NCc3ccc(CO)o3)c(=O)n1C2. The summed E-state index contributed by atoms with van der Waals surface area (Å²) < 4.78 is 20.5. The lowest BCUT2D eigenvalue weighted by Gasteiger charge is -2.43. The summed E-state index contributed by atoms with van der Waals surface area (Å²) in [5, 5.41) is 12.2. The number of aromatic nitrogens is 1. The molecular formula is C24H24FN3O4. The van der Waals surface area contributed by atoms with Gasteiger partial charge in [-0.1, -0.05) is 0 Å². The first-order valence-corrected chi connectivity index (χ1v) is 10.7. The standard InChI is InChI=1S/C24H24FN3O4/c25-18-3-1-16(2-4-18)23(30)27-11-15-9-17(13-27)22-8-7-21(24(31)28(22)12-15)26-10-19-5-6-20(14-29)32-19/h1-8,15,17,26,29H,9-14H2/t15-,17+/m0/s1. The number of furan rings is 1. The van der Waals surface area contributed by atoms with Crippen LogP contribution in [0.1, 0.15) is 39.9 Å². The first-order valence-electron chi connectivity index (χ1n) is 10.7. The molecule has 0 unspecified atom stereocenters. The molecular weight excluding hydrogens is 413 g/mol. The normalized spacial score (nSPS) is 19.5. The van der Waals surface area contributed by atoms with Gasteiger partial charge in [-0.25, -0.2) is 4.39 Å². The number of fused-ring (bicyclic) bond motifs is 4. The Labute approximate surface area is 184 Å². The van der Waals surface area contributed by atoms with Crippen LogP contribution in [0.2, 0.25) is 0 Å². The molecule has 4 heterocycles. The molecule has 2 aliphatic heterocycles. The summed E-state index contributed by atoms with van der Waals surface area (Å²) in [6, 6.07) is 12.8. The monoisotopic (exact) mass is 437 g/mol. The number of nitrogens with one attached hydrogen (secondary N) is 1. The van der Waals surface area contributed by atoms with Gasteiger partial charge in [0.25, 0.3) is 11.5 Å². The summed E-state index contributed by atoms with van der Waals surface area (Å²) in [5.74, 6) is 0.936. The zero-order valence-corrected chi connectivity index (χ0v) is 17.5. The van der Waals surface area contributed by atoms with Crippen molar-refractivity contribution in [3.05, 3.63) is 87.5 Å². The molecule has 0 spiro atoms. The summed E-state index contributed by atoms with van der Waals surface area (Å²) in [4.78, 5) is 27.9. The molecule has 5 rings (SSSR count). The molecule has 1 aromatic carbocycles. The van der Waals surface area contributed by atoms with Crippen LogP contribution in [0.4, 0.5) is 10.1 Å². The van der Waals surface area contributed by atoms with E-state index in [1.165, 1.54) is 24.3 Å². The highest BCUT2D eigenvalue weighted by Crippen LogP contribution is 2.36. The van der Waals surface area contributed by atoms with Gasteiger partial charge in [0.1, 0.15) is 29.6 Å². The van der Waals surface area contributed by atoms with Crippen LogP contribution < -0.4 is 10.9 Å². The zero-order chi connectivity index (χ0) is 22.2. The maximum atomic E-state index is 13.2. The Hall–Kier alpha value is -3.39. The Balaban J connectivity index is 1.33. The van der Waals surface area contributed by atoms with Crippen LogP contribution in [0.5, 0.6) is 0 Å². The summed E-state index contributed by atoms with van der Waals surface area (Å²) in [7, 11) is 0. The van der Waals surface area contributed by atoms with E-state index < -0.39 is 0 Å². The van der Waals surface area contributed by atoms with Gasteiger partial charge >= 0.3 is 0 Å². The minimum Gasteiger partial charge on any atom is -0.462 e. The van der Waals surface area contributed by atoms with Gasteiger partial charge in [0, 0.05) is 36.8 Å². The number of hydrogen-bond acceptors (Lipinski definition) is 5. The lowest BCUT2D eigenvalue weighted by molar-refractivity contribution is 0.0594. The van der Waals surface area contributed by atoms with E-state index in [0.717, 1.165) is 12.1 Å². The Morgan fingerprint density at radius 2 is 1.84 bits per heavy atom. The molecule has 166 valence electrons. The number of carbonyl (C=O) groups is 1. The molecule has 1 saturated heterocycles. The molecule has 0 radical (unpaired) electrons. The van der Waals surface area contributed by atoms with Crippen LogP contribution in [0, 0.1) is 11.7 Å². The topological polar surface area (TPSA) is 87.7 Å². The number of halogens is 1. The van der Waals surface area contributed by atoms with Gasteiger partial charge in [-0.15, -0.1) is 0 Å². The van der Waals surface area contributed by atoms with E-state index in [0.29, 0.717) is 49.0 Å². The molecule has 7 nitrogen and oxygen atoms in total. The van der Waals surface area contributed by atoms with Crippen molar-refractivity contribution in [2.45, 2.75) is 32.0 Å². The summed E-state index contributed by atoms with van der Waals surface area (Å²) >= 11 is 0. The summed E-state index contributed by atoms with van der Waals surface area (Å²) in [6.45, 7) is 1.86. The van der Waals surface area contributed by atoms with Crippen LogP contribution in [-0.4, -0.2) is 33.6 Å². The number of anilines is 1. The average molecular weight is 437 g/mol. The quantitative estimate of drug-likeness (QED) is 0.641. The highest BCUT2D eigenvalue weighted by Gasteiger charge is 2.36. The van der Waals surface area contributed by atoms with E-state index >= 15 is 0 Å². The number of nitrogens with zero attached hydrogens (tertiary/aromatic N) is 2. The molecule has 2 atom stereocenters. The van der Waals surface area contributed by atoms with Crippen molar-refractivity contribution < 1.29 is 18.7 Å². The number of aliphatic hydroxyl groups excluding tert-OH is 1. The number of pyridine rings is 1. The van der Waals surface area contributed by atoms with Crippen molar-refractivity contribution in [3.63, 3.8) is 0 Å². The van der Waals surface area contributed by atoms with E-state index in [2.05, 4.69) is 5.32 Å². The van der Waals surface area contributed by atoms with E-state index in [4.69, 9.17) is 9.52 Å². The molecule has 32 heavy (non-hydrogen) atoms. The third kappa shape index (κ3) is 3.82. The number of likely N-dealkylation sites (tertiary alicyclic amines) is 1. The van der Waals surface area contributed by atoms with Crippen molar-refractivity contribution in [2.75, 3.05) is 18.4 Å². The largest absolute Gasteiger partial charge is 0.462 e. The van der Waals surface area contributed by atoms with Gasteiger partial charge in [0.2, 0.25) is 0 Å². The Morgan fingerprint density at radius 3 is 2.59 bits per heavy atom. The molecule has 0 saturated carbocycles. The van der Waals surface area contributed by atoms with Crippen molar-refractivity contribution in [3.8, 4) is 0 Å². The molecule has 1 fully saturated rings. The molecule has 0 aliphatic carbocycles. The highest BCUT2D eigenvalue weighted by molar-refractivity contribution is 5.94. The predicted octanol–water partition coefficient (Wildman–Crippen LogP) is 2.94. The van der Waals surface area contributed by atoms with Gasteiger partial charge in [-0.2, -0.15) is 0 Å². The Morgan fingerprint density at radius 1 is 1.06 bits per heavy atom. The fourth-order valence-corrected chi connectivity index (χ4v) is 4.81. The second-order valence-corrected chi connectivity index (χ2v) is 8.48. The van der Waals surface area contributed by atoms with Gasteiger partial charge in [0.05, 0.1) is 6.54 Å². The summed E-state index contributed by atoms with van der Waals surface area (Å²) in [6.07, 6.45) is 0.940. The van der Waals surface area contributed by atoms with E-state index in [9.17, 15) is 14.0 Å². The van der Waals surface area contributed by atoms with Gasteiger partial charge in [-0.05, 0) is 60.9 Å². The molecule has 8 heteroatoms. The number of benzene rings is 1. The molecule has 2 bridgehead atoms. The minimum absolute atomic E-state index is 0.0792. The van der Waals surface area contributed by atoms with Gasteiger partial charge in [-0.3, -0.25) is 9.59 Å². The van der Waals surface area contributed by atoms with Crippen LogP contribution in [0.15, 0.2) is 57.7 Å². The molecule has 1 amide bonds. The number of rotatable bonds is 5. The zero-order valence-electron chi connectivity index (χ0n) is 17.5. The number of carbonyl (C=O) groups excluding carboxylic acids is 1. The Bertz CT molecular complexity index is 1200. The second-order valence-electron chi connectivity index (χ2n) is 8.48. The maximum absolute atomic E-state index is 13.2. The lowest BCUT2D eigenvalue weighted by atomic mass is 9.83. The lowest BCUT2D eigenvalue weighted by Crippen LogP contribution is -2.49. The fourth-order valence-electron chi connectivity index (χ4n) is 4.81. The average Bonchev–Trinajstić information content (AvgIpc) is 3.27. The van der Waals surface area contributed by atoms with Crippen molar-refractivity contribution in [2.24, 2.45) is 5.92 Å². The molecule has 2 aromatic heterocycles. The van der Waals surface area contributed by atoms with E-state index in [1.807, 2.05) is 15.5 Å². The van der Waals surface area contributed by atoms with E-state index in [1.54, 1.807) is 18.2 Å². The van der Waals surface area contributed by atoms with Crippen LogP contribution >= 0.6 is 0 Å². The van der Waals surface area contributed by atoms with Gasteiger partial charge in [0.15, 0.2) is 0 Å². The summed E-state index contributed by atoms with van der Waals surface area (Å²) in [5.41, 5.74) is 1.83. The number of hydrogen-bond donors (Lipinski definition) is 2. The predicted molar refractivity (Wildman–Crippen MR) is 116 cm³/mol. The van der Waals surface area contributed by atoms with Crippen LogP contribution in [0.25, 0.3) is 0 Å².